The summed E-state index contributed by atoms with van der Waals surface area (Å²) in [4.78, 5) is 16.9. The number of benzene rings is 3. The van der Waals surface area contributed by atoms with E-state index in [1.54, 1.807) is 38.6 Å². The Bertz CT molecular complexity index is 1230. The molecule has 0 aliphatic heterocycles. The molecule has 6 nitrogen and oxygen atoms in total. The van der Waals surface area contributed by atoms with E-state index in [1.165, 1.54) is 0 Å². The second kappa shape index (κ2) is 8.75. The Kier molecular flexibility index (Phi) is 5.71. The summed E-state index contributed by atoms with van der Waals surface area (Å²) in [6, 6.07) is 19.0. The number of ether oxygens (including phenoxy) is 2. The van der Waals surface area contributed by atoms with Gasteiger partial charge >= 0.3 is 6.03 Å². The second-order valence-corrected chi connectivity index (χ2v) is 7.08. The molecule has 3 aromatic carbocycles. The van der Waals surface area contributed by atoms with Crippen molar-refractivity contribution in [1.82, 2.24) is 4.98 Å². The lowest BCUT2D eigenvalue weighted by Gasteiger charge is -2.15. The quantitative estimate of drug-likeness (QED) is 0.429. The number of nitrogens with one attached hydrogen (secondary N) is 2. The van der Waals surface area contributed by atoms with Gasteiger partial charge in [0.1, 0.15) is 17.2 Å². The molecular weight excluding hydrogens is 390 g/mol. The molecule has 6 heteroatoms. The first-order chi connectivity index (χ1) is 15.1. The number of carbonyl (C=O) groups is 1. The summed E-state index contributed by atoms with van der Waals surface area (Å²) in [6.07, 6.45) is 3.64. The number of hydrogen-bond acceptors (Lipinski definition) is 4. The average molecular weight is 413 g/mol. The van der Waals surface area contributed by atoms with Gasteiger partial charge in [0.2, 0.25) is 0 Å². The number of fused-ring (bicyclic) bond motifs is 1. The number of aromatic nitrogens is 1. The molecule has 31 heavy (non-hydrogen) atoms. The first-order valence-corrected chi connectivity index (χ1v) is 9.83. The largest absolute Gasteiger partial charge is 0.494 e. The van der Waals surface area contributed by atoms with Crippen LogP contribution < -0.4 is 20.1 Å². The van der Waals surface area contributed by atoms with Crippen molar-refractivity contribution in [3.63, 3.8) is 0 Å². The van der Waals surface area contributed by atoms with Crippen molar-refractivity contribution < 1.29 is 14.3 Å². The number of methoxy groups -OCH3 is 2. The number of rotatable bonds is 5. The normalized spacial score (nSPS) is 10.5. The summed E-state index contributed by atoms with van der Waals surface area (Å²) in [5.74, 6) is 1.03. The van der Waals surface area contributed by atoms with Gasteiger partial charge < -0.3 is 20.1 Å². The maximum atomic E-state index is 12.7. The Balaban J connectivity index is 1.59. The van der Waals surface area contributed by atoms with Gasteiger partial charge in [0.15, 0.2) is 0 Å². The molecule has 0 saturated heterocycles. The van der Waals surface area contributed by atoms with E-state index in [-0.39, 0.29) is 6.03 Å². The number of para-hydroxylation sites is 1. The second-order valence-electron chi connectivity index (χ2n) is 7.08. The fourth-order valence-corrected chi connectivity index (χ4v) is 3.51. The summed E-state index contributed by atoms with van der Waals surface area (Å²) in [5, 5.41) is 7.92. The fourth-order valence-electron chi connectivity index (χ4n) is 3.51. The summed E-state index contributed by atoms with van der Waals surface area (Å²) in [5.41, 5.74) is 4.37. The molecule has 0 bridgehead atoms. The highest BCUT2D eigenvalue weighted by Gasteiger charge is 2.14. The first kappa shape index (κ1) is 20.2. The van der Waals surface area contributed by atoms with E-state index in [2.05, 4.69) is 33.8 Å². The Morgan fingerprint density at radius 2 is 1.65 bits per heavy atom. The first-order valence-electron chi connectivity index (χ1n) is 9.83. The minimum Gasteiger partial charge on any atom is -0.494 e. The summed E-state index contributed by atoms with van der Waals surface area (Å²) < 4.78 is 10.7. The summed E-state index contributed by atoms with van der Waals surface area (Å²) in [6.45, 7) is 2.05. The van der Waals surface area contributed by atoms with E-state index in [0.717, 1.165) is 27.5 Å². The number of carbonyl (C=O) groups excluding carboxylic acids is 1. The zero-order chi connectivity index (χ0) is 21.8. The van der Waals surface area contributed by atoms with E-state index in [9.17, 15) is 4.79 Å². The SMILES string of the molecule is COc1cccc(OC)c1NC(=O)Nc1ccc(C)c(-c2ccc3ccncc3c2)c1. The van der Waals surface area contributed by atoms with Gasteiger partial charge in [-0.2, -0.15) is 0 Å². The van der Waals surface area contributed by atoms with Gasteiger partial charge in [-0.15, -0.1) is 0 Å². The molecule has 0 atom stereocenters. The molecule has 0 saturated carbocycles. The maximum Gasteiger partial charge on any atom is 0.323 e. The van der Waals surface area contributed by atoms with Crippen molar-refractivity contribution in [2.75, 3.05) is 24.9 Å². The number of amides is 2. The van der Waals surface area contributed by atoms with E-state index in [4.69, 9.17) is 9.47 Å². The van der Waals surface area contributed by atoms with Crippen molar-refractivity contribution in [3.05, 3.63) is 78.6 Å². The zero-order valence-electron chi connectivity index (χ0n) is 17.6. The lowest BCUT2D eigenvalue weighted by atomic mass is 9.98. The number of hydrogen-bond donors (Lipinski definition) is 2. The molecule has 2 N–H and O–H groups in total. The molecule has 2 amide bonds. The highest BCUT2D eigenvalue weighted by atomic mass is 16.5. The van der Waals surface area contributed by atoms with Crippen molar-refractivity contribution in [2.45, 2.75) is 6.92 Å². The third-order valence-corrected chi connectivity index (χ3v) is 5.11. The fraction of sp³-hybridized carbons (Fsp3) is 0.120. The maximum absolute atomic E-state index is 12.7. The van der Waals surface area contributed by atoms with Crippen LogP contribution in [0.5, 0.6) is 11.5 Å². The van der Waals surface area contributed by atoms with Crippen LogP contribution in [-0.4, -0.2) is 25.2 Å². The lowest BCUT2D eigenvalue weighted by Crippen LogP contribution is -2.20. The number of pyridine rings is 1. The van der Waals surface area contributed by atoms with Crippen LogP contribution in [0.15, 0.2) is 73.1 Å². The molecule has 4 aromatic rings. The molecule has 0 aliphatic carbocycles. The van der Waals surface area contributed by atoms with Crippen LogP contribution in [0.3, 0.4) is 0 Å². The zero-order valence-corrected chi connectivity index (χ0v) is 17.6. The Hall–Kier alpha value is -4.06. The van der Waals surface area contributed by atoms with Crippen molar-refractivity contribution in [3.8, 4) is 22.6 Å². The molecule has 0 radical (unpaired) electrons. The Labute approximate surface area is 180 Å². The average Bonchev–Trinajstić information content (AvgIpc) is 2.80. The summed E-state index contributed by atoms with van der Waals surface area (Å²) in [7, 11) is 3.09. The van der Waals surface area contributed by atoms with Crippen LogP contribution in [0.4, 0.5) is 16.2 Å². The van der Waals surface area contributed by atoms with Crippen molar-refractivity contribution >= 4 is 28.2 Å². The monoisotopic (exact) mass is 413 g/mol. The van der Waals surface area contributed by atoms with Crippen LogP contribution in [0.1, 0.15) is 5.56 Å². The molecule has 0 spiro atoms. The predicted octanol–water partition coefficient (Wildman–Crippen LogP) is 5.87. The molecular formula is C25H23N3O3. The minimum absolute atomic E-state index is 0.389. The molecule has 0 fully saturated rings. The van der Waals surface area contributed by atoms with Gasteiger partial charge in [0.05, 0.1) is 14.2 Å². The topological polar surface area (TPSA) is 72.5 Å². The van der Waals surface area contributed by atoms with E-state index < -0.39 is 0 Å². The third kappa shape index (κ3) is 4.28. The van der Waals surface area contributed by atoms with Gasteiger partial charge in [-0.25, -0.2) is 4.79 Å². The number of urea groups is 1. The lowest BCUT2D eigenvalue weighted by molar-refractivity contribution is 0.262. The number of anilines is 2. The minimum atomic E-state index is -0.389. The van der Waals surface area contributed by atoms with Crippen molar-refractivity contribution in [1.29, 1.82) is 0 Å². The molecule has 4 rings (SSSR count). The molecule has 156 valence electrons. The van der Waals surface area contributed by atoms with Gasteiger partial charge in [-0.1, -0.05) is 24.3 Å². The van der Waals surface area contributed by atoms with Gasteiger partial charge in [-0.3, -0.25) is 4.98 Å². The van der Waals surface area contributed by atoms with E-state index >= 15 is 0 Å². The smallest absolute Gasteiger partial charge is 0.323 e. The van der Waals surface area contributed by atoms with Crippen LogP contribution in [-0.2, 0) is 0 Å². The van der Waals surface area contributed by atoms with Gasteiger partial charge in [0, 0.05) is 23.5 Å². The van der Waals surface area contributed by atoms with Crippen LogP contribution in [0.2, 0.25) is 0 Å². The highest BCUT2D eigenvalue weighted by Crippen LogP contribution is 2.34. The molecule has 0 aliphatic rings. The standard InChI is InChI=1S/C25H23N3O3/c1-16-7-10-20(14-21(16)18-9-8-17-11-12-26-15-19(17)13-18)27-25(29)28-24-22(30-2)5-4-6-23(24)31-3/h4-15H,1-3H3,(H2,27,28,29). The Morgan fingerprint density at radius 1 is 0.871 bits per heavy atom. The number of aryl methyl sites for hydroxylation is 1. The Morgan fingerprint density at radius 3 is 2.39 bits per heavy atom. The van der Waals surface area contributed by atoms with Crippen molar-refractivity contribution in [2.24, 2.45) is 0 Å². The van der Waals surface area contributed by atoms with E-state index in [1.807, 2.05) is 37.4 Å². The van der Waals surface area contributed by atoms with Gasteiger partial charge in [-0.05, 0) is 65.4 Å². The number of nitrogens with zero attached hydrogens (tertiary/aromatic N) is 1. The third-order valence-electron chi connectivity index (χ3n) is 5.11. The molecule has 1 aromatic heterocycles. The van der Waals surface area contributed by atoms with Crippen LogP contribution in [0.25, 0.3) is 21.9 Å². The van der Waals surface area contributed by atoms with Gasteiger partial charge in [0.25, 0.3) is 0 Å². The van der Waals surface area contributed by atoms with E-state index in [0.29, 0.717) is 22.9 Å². The molecule has 1 heterocycles. The van der Waals surface area contributed by atoms with Crippen LogP contribution >= 0.6 is 0 Å². The molecule has 0 unspecified atom stereocenters. The predicted molar refractivity (Wildman–Crippen MR) is 124 cm³/mol. The highest BCUT2D eigenvalue weighted by molar-refractivity contribution is 6.02. The summed E-state index contributed by atoms with van der Waals surface area (Å²) >= 11 is 0. The van der Waals surface area contributed by atoms with Crippen LogP contribution in [0, 0.1) is 6.92 Å².